The zero-order valence-corrected chi connectivity index (χ0v) is 11.4. The molecule has 0 unspecified atom stereocenters. The lowest BCUT2D eigenvalue weighted by molar-refractivity contribution is -0.384. The number of benzene rings is 1. The summed E-state index contributed by atoms with van der Waals surface area (Å²) in [7, 11) is 0. The Balaban J connectivity index is 2.42. The monoisotopic (exact) mass is 288 g/mol. The van der Waals surface area contributed by atoms with E-state index >= 15 is 0 Å². The quantitative estimate of drug-likeness (QED) is 0.531. The first-order valence-corrected chi connectivity index (χ1v) is 6.02. The van der Waals surface area contributed by atoms with E-state index in [0.717, 1.165) is 0 Å². The van der Waals surface area contributed by atoms with Gasteiger partial charge in [-0.3, -0.25) is 15.1 Å². The summed E-state index contributed by atoms with van der Waals surface area (Å²) in [5, 5.41) is 20.4. The first kappa shape index (κ1) is 14.4. The number of nitro benzene ring substituents is 1. The van der Waals surface area contributed by atoms with Gasteiger partial charge in [-0.15, -0.1) is 0 Å². The van der Waals surface area contributed by atoms with Gasteiger partial charge in [-0.05, 0) is 26.0 Å². The van der Waals surface area contributed by atoms with Gasteiger partial charge >= 0.3 is 5.63 Å². The third kappa shape index (κ3) is 3.14. The normalized spacial score (nSPS) is 11.4. The summed E-state index contributed by atoms with van der Waals surface area (Å²) >= 11 is 0. The molecule has 0 saturated carbocycles. The summed E-state index contributed by atoms with van der Waals surface area (Å²) in [5.74, 6) is 0.0799. The summed E-state index contributed by atoms with van der Waals surface area (Å²) in [4.78, 5) is 25.9. The topological polar surface area (TPSA) is 106 Å². The molecule has 1 N–H and O–H groups in total. The SMILES string of the molecule is CC(=Nc1ccc([N+](=O)[O-])cc1)c1c(O)cc(C)oc1=O. The van der Waals surface area contributed by atoms with E-state index in [9.17, 15) is 20.0 Å². The second kappa shape index (κ2) is 5.58. The van der Waals surface area contributed by atoms with Crippen molar-refractivity contribution in [2.45, 2.75) is 13.8 Å². The highest BCUT2D eigenvalue weighted by molar-refractivity contribution is 6.01. The van der Waals surface area contributed by atoms with Crippen molar-refractivity contribution in [3.63, 3.8) is 0 Å². The van der Waals surface area contributed by atoms with Gasteiger partial charge in [0.25, 0.3) is 5.69 Å². The van der Waals surface area contributed by atoms with Crippen molar-refractivity contribution in [2.75, 3.05) is 0 Å². The molecule has 1 aromatic carbocycles. The summed E-state index contributed by atoms with van der Waals surface area (Å²) in [5.41, 5.74) is -0.0773. The van der Waals surface area contributed by atoms with Crippen LogP contribution in [0.1, 0.15) is 18.2 Å². The molecule has 21 heavy (non-hydrogen) atoms. The van der Waals surface area contributed by atoms with E-state index in [-0.39, 0.29) is 22.7 Å². The fraction of sp³-hybridized carbons (Fsp3) is 0.143. The fourth-order valence-electron chi connectivity index (χ4n) is 1.83. The minimum absolute atomic E-state index is 0.0287. The highest BCUT2D eigenvalue weighted by atomic mass is 16.6. The lowest BCUT2D eigenvalue weighted by atomic mass is 10.1. The Morgan fingerprint density at radius 3 is 2.48 bits per heavy atom. The predicted molar refractivity (Wildman–Crippen MR) is 76.3 cm³/mol. The molecular formula is C14H12N2O5. The maximum absolute atomic E-state index is 11.7. The average Bonchev–Trinajstić information content (AvgIpc) is 2.37. The van der Waals surface area contributed by atoms with E-state index in [1.54, 1.807) is 13.8 Å². The molecule has 0 aliphatic heterocycles. The standard InChI is InChI=1S/C14H12N2O5/c1-8-7-12(17)13(14(18)21-8)9(2)15-10-3-5-11(6-4-10)16(19)20/h3-7,17H,1-2H3. The number of hydrogen-bond acceptors (Lipinski definition) is 6. The van der Waals surface area contributed by atoms with E-state index in [1.165, 1.54) is 30.3 Å². The molecule has 0 atom stereocenters. The van der Waals surface area contributed by atoms with Crippen LogP contribution in [-0.4, -0.2) is 15.7 Å². The Bertz CT molecular complexity index is 775. The molecule has 0 saturated heterocycles. The Hall–Kier alpha value is -2.96. The van der Waals surface area contributed by atoms with Crippen molar-refractivity contribution >= 4 is 17.1 Å². The van der Waals surface area contributed by atoms with Gasteiger partial charge in [0, 0.05) is 18.2 Å². The van der Waals surface area contributed by atoms with Crippen molar-refractivity contribution in [2.24, 2.45) is 4.99 Å². The molecule has 0 amide bonds. The van der Waals surface area contributed by atoms with Gasteiger partial charge in [0.2, 0.25) is 0 Å². The first-order chi connectivity index (χ1) is 9.88. The van der Waals surface area contributed by atoms with Crippen molar-refractivity contribution in [3.05, 3.63) is 62.2 Å². The van der Waals surface area contributed by atoms with Crippen LogP contribution in [0.2, 0.25) is 0 Å². The van der Waals surface area contributed by atoms with Gasteiger partial charge < -0.3 is 9.52 Å². The molecular weight excluding hydrogens is 276 g/mol. The Labute approximate surface area is 119 Å². The van der Waals surface area contributed by atoms with Crippen LogP contribution in [-0.2, 0) is 0 Å². The number of aryl methyl sites for hydroxylation is 1. The number of aliphatic imine (C=N–C) groups is 1. The molecule has 0 bridgehead atoms. The molecule has 7 nitrogen and oxygen atoms in total. The minimum Gasteiger partial charge on any atom is -0.507 e. The Morgan fingerprint density at radius 1 is 1.33 bits per heavy atom. The molecule has 1 heterocycles. The molecule has 0 radical (unpaired) electrons. The molecule has 1 aromatic heterocycles. The molecule has 2 aromatic rings. The summed E-state index contributed by atoms with van der Waals surface area (Å²) in [6.07, 6.45) is 0. The highest BCUT2D eigenvalue weighted by Gasteiger charge is 2.13. The molecule has 2 rings (SSSR count). The Kier molecular flexibility index (Phi) is 3.84. The Morgan fingerprint density at radius 2 is 1.95 bits per heavy atom. The van der Waals surface area contributed by atoms with Crippen LogP contribution in [0.3, 0.4) is 0 Å². The maximum atomic E-state index is 11.7. The number of hydrogen-bond donors (Lipinski definition) is 1. The number of rotatable bonds is 3. The summed E-state index contributed by atoms with van der Waals surface area (Å²) < 4.78 is 4.91. The van der Waals surface area contributed by atoms with E-state index in [4.69, 9.17) is 4.42 Å². The third-order valence-electron chi connectivity index (χ3n) is 2.77. The maximum Gasteiger partial charge on any atom is 0.348 e. The zero-order valence-electron chi connectivity index (χ0n) is 11.4. The van der Waals surface area contributed by atoms with Gasteiger partial charge in [0.1, 0.15) is 17.1 Å². The van der Waals surface area contributed by atoms with Crippen LogP contribution < -0.4 is 5.63 Å². The summed E-state index contributed by atoms with van der Waals surface area (Å²) in [6, 6.07) is 6.85. The lowest BCUT2D eigenvalue weighted by Crippen LogP contribution is -2.12. The van der Waals surface area contributed by atoms with Gasteiger partial charge in [-0.25, -0.2) is 4.79 Å². The fourth-order valence-corrected chi connectivity index (χ4v) is 1.83. The molecule has 0 fully saturated rings. The van der Waals surface area contributed by atoms with Crippen molar-refractivity contribution in [1.82, 2.24) is 0 Å². The van der Waals surface area contributed by atoms with Crippen LogP contribution >= 0.6 is 0 Å². The smallest absolute Gasteiger partial charge is 0.348 e. The second-order valence-corrected chi connectivity index (χ2v) is 4.38. The average molecular weight is 288 g/mol. The third-order valence-corrected chi connectivity index (χ3v) is 2.77. The second-order valence-electron chi connectivity index (χ2n) is 4.38. The van der Waals surface area contributed by atoms with Gasteiger partial charge in [0.15, 0.2) is 0 Å². The number of aromatic hydroxyl groups is 1. The van der Waals surface area contributed by atoms with E-state index in [1.807, 2.05) is 0 Å². The van der Waals surface area contributed by atoms with E-state index in [0.29, 0.717) is 11.4 Å². The van der Waals surface area contributed by atoms with Crippen LogP contribution in [0.25, 0.3) is 0 Å². The van der Waals surface area contributed by atoms with Crippen LogP contribution in [0.4, 0.5) is 11.4 Å². The highest BCUT2D eigenvalue weighted by Crippen LogP contribution is 2.21. The van der Waals surface area contributed by atoms with Gasteiger partial charge in [-0.1, -0.05) is 0 Å². The molecule has 7 heteroatoms. The molecule has 0 aliphatic carbocycles. The van der Waals surface area contributed by atoms with Crippen molar-refractivity contribution < 1.29 is 14.4 Å². The van der Waals surface area contributed by atoms with E-state index in [2.05, 4.69) is 4.99 Å². The van der Waals surface area contributed by atoms with Crippen molar-refractivity contribution in [3.8, 4) is 5.75 Å². The predicted octanol–water partition coefficient (Wildman–Crippen LogP) is 2.70. The van der Waals surface area contributed by atoms with Gasteiger partial charge in [-0.2, -0.15) is 0 Å². The largest absolute Gasteiger partial charge is 0.507 e. The van der Waals surface area contributed by atoms with Crippen LogP contribution in [0, 0.1) is 17.0 Å². The van der Waals surface area contributed by atoms with E-state index < -0.39 is 10.5 Å². The molecule has 0 spiro atoms. The number of non-ortho nitro benzene ring substituents is 1. The minimum atomic E-state index is -0.685. The number of nitrogens with zero attached hydrogens (tertiary/aromatic N) is 2. The van der Waals surface area contributed by atoms with Crippen LogP contribution in [0.5, 0.6) is 5.75 Å². The zero-order chi connectivity index (χ0) is 15.6. The van der Waals surface area contributed by atoms with Gasteiger partial charge in [0.05, 0.1) is 16.3 Å². The number of nitro groups is 1. The molecule has 0 aliphatic rings. The molecule has 108 valence electrons. The van der Waals surface area contributed by atoms with Crippen LogP contribution in [0.15, 0.2) is 44.5 Å². The summed E-state index contributed by atoms with van der Waals surface area (Å²) in [6.45, 7) is 3.09. The first-order valence-electron chi connectivity index (χ1n) is 6.02. The lowest BCUT2D eigenvalue weighted by Gasteiger charge is -2.03. The van der Waals surface area contributed by atoms with Crippen molar-refractivity contribution in [1.29, 1.82) is 0 Å².